The van der Waals surface area contributed by atoms with Gasteiger partial charge in [0.1, 0.15) is 12.4 Å². The van der Waals surface area contributed by atoms with Gasteiger partial charge in [-0.05, 0) is 47.9 Å². The number of H-pyrrole nitrogens is 1. The third kappa shape index (κ3) is 4.57. The van der Waals surface area contributed by atoms with E-state index in [0.717, 1.165) is 30.8 Å². The Balaban J connectivity index is 1.36. The molecule has 0 unspecified atom stereocenters. The van der Waals surface area contributed by atoms with Crippen molar-refractivity contribution >= 4 is 10.9 Å². The maximum Gasteiger partial charge on any atom is 0.120 e. The van der Waals surface area contributed by atoms with Crippen LogP contribution < -0.4 is 10.1 Å². The normalized spacial score (nSPS) is 11.0. The van der Waals surface area contributed by atoms with E-state index in [2.05, 4.69) is 65.0 Å². The van der Waals surface area contributed by atoms with Gasteiger partial charge in [-0.2, -0.15) is 0 Å². The van der Waals surface area contributed by atoms with E-state index in [1.165, 1.54) is 22.1 Å². The Morgan fingerprint density at radius 1 is 0.815 bits per heavy atom. The molecule has 27 heavy (non-hydrogen) atoms. The first-order valence-corrected chi connectivity index (χ1v) is 9.40. The van der Waals surface area contributed by atoms with E-state index in [9.17, 15) is 0 Å². The second-order valence-electron chi connectivity index (χ2n) is 6.71. The average molecular weight is 356 g/mol. The van der Waals surface area contributed by atoms with E-state index >= 15 is 0 Å². The SMILES string of the molecule is c1ccc(CNCCc2c[nH]c3ccc(OCc4ccccc4)cc23)cc1. The minimum atomic E-state index is 0.588. The number of fused-ring (bicyclic) bond motifs is 1. The van der Waals surface area contributed by atoms with Crippen molar-refractivity contribution < 1.29 is 4.74 Å². The van der Waals surface area contributed by atoms with Crippen LogP contribution in [0.1, 0.15) is 16.7 Å². The fraction of sp³-hybridized carbons (Fsp3) is 0.167. The lowest BCUT2D eigenvalue weighted by Crippen LogP contribution is -2.16. The summed E-state index contributed by atoms with van der Waals surface area (Å²) < 4.78 is 5.98. The average Bonchev–Trinajstić information content (AvgIpc) is 3.13. The van der Waals surface area contributed by atoms with Crippen molar-refractivity contribution in [3.63, 3.8) is 0 Å². The van der Waals surface area contributed by atoms with Gasteiger partial charge in [-0.1, -0.05) is 60.7 Å². The Kier molecular flexibility index (Phi) is 5.51. The Bertz CT molecular complexity index is 977. The van der Waals surface area contributed by atoms with Gasteiger partial charge >= 0.3 is 0 Å². The van der Waals surface area contributed by atoms with Crippen LogP contribution in [-0.2, 0) is 19.6 Å². The van der Waals surface area contributed by atoms with Gasteiger partial charge in [0.2, 0.25) is 0 Å². The summed E-state index contributed by atoms with van der Waals surface area (Å²) in [7, 11) is 0. The molecule has 0 aliphatic rings. The largest absolute Gasteiger partial charge is 0.489 e. The van der Waals surface area contributed by atoms with Crippen LogP contribution in [0.4, 0.5) is 0 Å². The molecule has 0 atom stereocenters. The number of benzene rings is 3. The molecule has 0 saturated heterocycles. The predicted molar refractivity (Wildman–Crippen MR) is 111 cm³/mol. The van der Waals surface area contributed by atoms with Crippen LogP contribution in [0.2, 0.25) is 0 Å². The van der Waals surface area contributed by atoms with Gasteiger partial charge in [-0.25, -0.2) is 0 Å². The van der Waals surface area contributed by atoms with Gasteiger partial charge in [-0.15, -0.1) is 0 Å². The Hall–Kier alpha value is -3.04. The summed E-state index contributed by atoms with van der Waals surface area (Å²) in [5.74, 6) is 0.907. The lowest BCUT2D eigenvalue weighted by Gasteiger charge is -2.07. The van der Waals surface area contributed by atoms with Crippen LogP contribution in [0, 0.1) is 0 Å². The van der Waals surface area contributed by atoms with Crippen molar-refractivity contribution in [3.8, 4) is 5.75 Å². The Morgan fingerprint density at radius 2 is 1.56 bits per heavy atom. The van der Waals surface area contributed by atoms with E-state index in [1.807, 2.05) is 30.3 Å². The van der Waals surface area contributed by atoms with Crippen LogP contribution in [0.25, 0.3) is 10.9 Å². The lowest BCUT2D eigenvalue weighted by molar-refractivity contribution is 0.306. The van der Waals surface area contributed by atoms with Crippen LogP contribution in [-0.4, -0.2) is 11.5 Å². The molecule has 0 amide bonds. The second-order valence-corrected chi connectivity index (χ2v) is 6.71. The summed E-state index contributed by atoms with van der Waals surface area (Å²) in [5, 5.41) is 4.76. The zero-order chi connectivity index (χ0) is 18.3. The molecule has 3 heteroatoms. The standard InChI is InChI=1S/C24H24N2O/c1-3-7-19(8-4-1)16-25-14-13-21-17-26-24-12-11-22(15-23(21)24)27-18-20-9-5-2-6-10-20/h1-12,15,17,25-26H,13-14,16,18H2. The fourth-order valence-corrected chi connectivity index (χ4v) is 3.25. The maximum atomic E-state index is 5.98. The van der Waals surface area contributed by atoms with Crippen LogP contribution in [0.3, 0.4) is 0 Å². The molecular weight excluding hydrogens is 332 g/mol. The summed E-state index contributed by atoms with van der Waals surface area (Å²) in [6, 6.07) is 27.0. The van der Waals surface area contributed by atoms with E-state index in [4.69, 9.17) is 4.74 Å². The molecule has 136 valence electrons. The third-order valence-electron chi connectivity index (χ3n) is 4.73. The molecule has 0 bridgehead atoms. The highest BCUT2D eigenvalue weighted by Crippen LogP contribution is 2.24. The summed E-state index contributed by atoms with van der Waals surface area (Å²) >= 11 is 0. The van der Waals surface area contributed by atoms with Gasteiger partial charge < -0.3 is 15.0 Å². The molecule has 3 nitrogen and oxygen atoms in total. The van der Waals surface area contributed by atoms with E-state index in [-0.39, 0.29) is 0 Å². The van der Waals surface area contributed by atoms with Crippen molar-refractivity contribution in [1.82, 2.24) is 10.3 Å². The molecular formula is C24H24N2O. The van der Waals surface area contributed by atoms with Crippen LogP contribution in [0.15, 0.2) is 85.1 Å². The molecule has 0 fully saturated rings. The fourth-order valence-electron chi connectivity index (χ4n) is 3.25. The topological polar surface area (TPSA) is 37.0 Å². The zero-order valence-corrected chi connectivity index (χ0v) is 15.3. The number of ether oxygens (including phenoxy) is 1. The van der Waals surface area contributed by atoms with E-state index in [1.54, 1.807) is 0 Å². The van der Waals surface area contributed by atoms with E-state index in [0.29, 0.717) is 6.61 Å². The lowest BCUT2D eigenvalue weighted by atomic mass is 10.1. The third-order valence-corrected chi connectivity index (χ3v) is 4.73. The molecule has 2 N–H and O–H groups in total. The first-order chi connectivity index (χ1) is 13.4. The van der Waals surface area contributed by atoms with Gasteiger partial charge in [0.05, 0.1) is 0 Å². The molecule has 4 aromatic rings. The molecule has 4 rings (SSSR count). The van der Waals surface area contributed by atoms with Crippen LogP contribution in [0.5, 0.6) is 5.75 Å². The van der Waals surface area contributed by atoms with Gasteiger partial charge in [-0.3, -0.25) is 0 Å². The number of aromatic amines is 1. The minimum Gasteiger partial charge on any atom is -0.489 e. The highest BCUT2D eigenvalue weighted by Gasteiger charge is 2.06. The first kappa shape index (κ1) is 17.4. The quantitative estimate of drug-likeness (QED) is 0.432. The maximum absolute atomic E-state index is 5.98. The zero-order valence-electron chi connectivity index (χ0n) is 15.3. The summed E-state index contributed by atoms with van der Waals surface area (Å²) in [6.45, 7) is 2.43. The number of nitrogens with one attached hydrogen (secondary N) is 2. The molecule has 1 heterocycles. The molecule has 0 aliphatic heterocycles. The Labute approximate surface area is 160 Å². The number of aromatic nitrogens is 1. The van der Waals surface area contributed by atoms with Crippen molar-refractivity contribution in [3.05, 3.63) is 102 Å². The molecule has 0 saturated carbocycles. The highest BCUT2D eigenvalue weighted by molar-refractivity contribution is 5.84. The Morgan fingerprint density at radius 3 is 2.33 bits per heavy atom. The molecule has 3 aromatic carbocycles. The molecule has 1 aromatic heterocycles. The van der Waals surface area contributed by atoms with Crippen molar-refractivity contribution in [1.29, 1.82) is 0 Å². The smallest absolute Gasteiger partial charge is 0.120 e. The van der Waals surface area contributed by atoms with Crippen molar-refractivity contribution in [2.24, 2.45) is 0 Å². The second kappa shape index (κ2) is 8.56. The van der Waals surface area contributed by atoms with Gasteiger partial charge in [0.15, 0.2) is 0 Å². The van der Waals surface area contributed by atoms with E-state index < -0.39 is 0 Å². The molecule has 0 radical (unpaired) electrons. The summed E-state index contributed by atoms with van der Waals surface area (Å²) in [5.41, 5.74) is 4.96. The van der Waals surface area contributed by atoms with Crippen molar-refractivity contribution in [2.75, 3.05) is 6.54 Å². The number of hydrogen-bond donors (Lipinski definition) is 2. The molecule has 0 aliphatic carbocycles. The highest BCUT2D eigenvalue weighted by atomic mass is 16.5. The monoisotopic (exact) mass is 356 g/mol. The summed E-state index contributed by atoms with van der Waals surface area (Å²) in [6.07, 6.45) is 3.09. The first-order valence-electron chi connectivity index (χ1n) is 9.40. The van der Waals surface area contributed by atoms with Crippen LogP contribution >= 0.6 is 0 Å². The van der Waals surface area contributed by atoms with Crippen molar-refractivity contribution in [2.45, 2.75) is 19.6 Å². The summed E-state index contributed by atoms with van der Waals surface area (Å²) in [4.78, 5) is 3.36. The molecule has 0 spiro atoms. The van der Waals surface area contributed by atoms with Gasteiger partial charge in [0.25, 0.3) is 0 Å². The number of rotatable bonds is 8. The predicted octanol–water partition coefficient (Wildman–Crippen LogP) is 5.08. The minimum absolute atomic E-state index is 0.588. The number of hydrogen-bond acceptors (Lipinski definition) is 2. The van der Waals surface area contributed by atoms with Gasteiger partial charge in [0, 0.05) is 23.6 Å².